The molecule has 0 aromatic rings. The molecule has 3 nitrogen and oxygen atoms in total. The number of carbonyl (C=O) groups is 1. The minimum absolute atomic E-state index is 0.0470. The van der Waals surface area contributed by atoms with E-state index in [0.29, 0.717) is 11.4 Å². The molecular weight excluding hydrogens is 185 g/mol. The zero-order chi connectivity index (χ0) is 10.5. The van der Waals surface area contributed by atoms with Gasteiger partial charge >= 0.3 is 12.2 Å². The van der Waals surface area contributed by atoms with Crippen molar-refractivity contribution < 1.29 is 18.0 Å². The minimum atomic E-state index is -4.33. The van der Waals surface area contributed by atoms with Gasteiger partial charge in [0.2, 0.25) is 0 Å². The molecule has 0 aliphatic carbocycles. The van der Waals surface area contributed by atoms with Crippen LogP contribution in [-0.4, -0.2) is 36.7 Å². The van der Waals surface area contributed by atoms with Crippen LogP contribution in [0, 0.1) is 0 Å². The standard InChI is InChI=1S/C7H13F3N2O/c1-3-11-6(13)12(4-2)5-7(8,9)10/h3-5H2,1-2H3,(H,11,13). The summed E-state index contributed by atoms with van der Waals surface area (Å²) in [7, 11) is 0. The Hall–Kier alpha value is -0.940. The summed E-state index contributed by atoms with van der Waals surface area (Å²) in [5, 5.41) is 2.31. The van der Waals surface area contributed by atoms with Crippen molar-refractivity contribution in [1.29, 1.82) is 0 Å². The molecule has 0 atom stereocenters. The molecule has 0 heterocycles. The van der Waals surface area contributed by atoms with Crippen LogP contribution in [0.3, 0.4) is 0 Å². The van der Waals surface area contributed by atoms with E-state index in [1.807, 2.05) is 0 Å². The second kappa shape index (κ2) is 4.94. The molecular formula is C7H13F3N2O. The third-order valence-corrected chi connectivity index (χ3v) is 1.37. The minimum Gasteiger partial charge on any atom is -0.338 e. The largest absolute Gasteiger partial charge is 0.406 e. The lowest BCUT2D eigenvalue weighted by molar-refractivity contribution is -0.139. The van der Waals surface area contributed by atoms with E-state index in [2.05, 4.69) is 5.32 Å². The van der Waals surface area contributed by atoms with Gasteiger partial charge in [0.15, 0.2) is 0 Å². The monoisotopic (exact) mass is 198 g/mol. The quantitative estimate of drug-likeness (QED) is 0.734. The summed E-state index contributed by atoms with van der Waals surface area (Å²) in [5.41, 5.74) is 0. The van der Waals surface area contributed by atoms with Gasteiger partial charge in [0.05, 0.1) is 0 Å². The summed E-state index contributed by atoms with van der Waals surface area (Å²) < 4.78 is 35.6. The predicted octanol–water partition coefficient (Wildman–Crippen LogP) is 1.60. The normalized spacial score (nSPS) is 11.2. The van der Waals surface area contributed by atoms with Crippen LogP contribution in [0.4, 0.5) is 18.0 Å². The van der Waals surface area contributed by atoms with E-state index >= 15 is 0 Å². The average molecular weight is 198 g/mol. The number of carbonyl (C=O) groups excluding carboxylic acids is 1. The maximum atomic E-state index is 11.9. The van der Waals surface area contributed by atoms with Crippen molar-refractivity contribution in [2.45, 2.75) is 20.0 Å². The first-order valence-corrected chi connectivity index (χ1v) is 4.00. The topological polar surface area (TPSA) is 32.3 Å². The first-order valence-electron chi connectivity index (χ1n) is 4.00. The van der Waals surface area contributed by atoms with Gasteiger partial charge in [0, 0.05) is 13.1 Å². The van der Waals surface area contributed by atoms with Crippen LogP contribution in [0.25, 0.3) is 0 Å². The van der Waals surface area contributed by atoms with Gasteiger partial charge in [0.1, 0.15) is 6.54 Å². The molecule has 2 amide bonds. The SMILES string of the molecule is CCNC(=O)N(CC)CC(F)(F)F. The van der Waals surface area contributed by atoms with Gasteiger partial charge in [-0.1, -0.05) is 0 Å². The van der Waals surface area contributed by atoms with Crippen molar-refractivity contribution in [2.75, 3.05) is 19.6 Å². The molecule has 13 heavy (non-hydrogen) atoms. The lowest BCUT2D eigenvalue weighted by Crippen LogP contribution is -2.44. The van der Waals surface area contributed by atoms with Crippen molar-refractivity contribution in [3.63, 3.8) is 0 Å². The first-order chi connectivity index (χ1) is 5.90. The third kappa shape index (κ3) is 5.32. The highest BCUT2D eigenvalue weighted by molar-refractivity contribution is 5.74. The van der Waals surface area contributed by atoms with Crippen LogP contribution in [0.1, 0.15) is 13.8 Å². The Morgan fingerprint density at radius 2 is 1.92 bits per heavy atom. The molecule has 0 aliphatic heterocycles. The third-order valence-electron chi connectivity index (χ3n) is 1.37. The Kier molecular flexibility index (Phi) is 4.58. The lowest BCUT2D eigenvalue weighted by atomic mass is 10.5. The van der Waals surface area contributed by atoms with E-state index in [9.17, 15) is 18.0 Å². The van der Waals surface area contributed by atoms with Gasteiger partial charge in [0.25, 0.3) is 0 Å². The molecule has 0 spiro atoms. The van der Waals surface area contributed by atoms with E-state index in [1.165, 1.54) is 6.92 Å². The van der Waals surface area contributed by atoms with E-state index in [0.717, 1.165) is 0 Å². The maximum Gasteiger partial charge on any atom is 0.406 e. The molecule has 0 aromatic heterocycles. The summed E-state index contributed by atoms with van der Waals surface area (Å²) >= 11 is 0. The summed E-state index contributed by atoms with van der Waals surface area (Å²) in [5.74, 6) is 0. The van der Waals surface area contributed by atoms with E-state index < -0.39 is 18.8 Å². The molecule has 0 saturated carbocycles. The molecule has 0 bridgehead atoms. The Balaban J connectivity index is 4.10. The Bertz CT molecular complexity index is 170. The maximum absolute atomic E-state index is 11.9. The van der Waals surface area contributed by atoms with E-state index in [1.54, 1.807) is 6.92 Å². The van der Waals surface area contributed by atoms with Gasteiger partial charge in [-0.3, -0.25) is 0 Å². The fourth-order valence-electron chi connectivity index (χ4n) is 0.807. The van der Waals surface area contributed by atoms with Gasteiger partial charge in [-0.2, -0.15) is 13.2 Å². The van der Waals surface area contributed by atoms with Crippen LogP contribution in [0.5, 0.6) is 0 Å². The van der Waals surface area contributed by atoms with Crippen LogP contribution in [0.15, 0.2) is 0 Å². The predicted molar refractivity (Wildman–Crippen MR) is 42.4 cm³/mol. The number of halogens is 3. The molecule has 0 saturated heterocycles. The Morgan fingerprint density at radius 1 is 1.38 bits per heavy atom. The smallest absolute Gasteiger partial charge is 0.338 e. The van der Waals surface area contributed by atoms with E-state index in [-0.39, 0.29) is 6.54 Å². The zero-order valence-corrected chi connectivity index (χ0v) is 7.61. The van der Waals surface area contributed by atoms with Crippen molar-refractivity contribution in [1.82, 2.24) is 10.2 Å². The van der Waals surface area contributed by atoms with Gasteiger partial charge < -0.3 is 10.2 Å². The molecule has 0 unspecified atom stereocenters. The van der Waals surface area contributed by atoms with Crippen molar-refractivity contribution in [2.24, 2.45) is 0 Å². The summed E-state index contributed by atoms with van der Waals surface area (Å²) in [4.78, 5) is 11.7. The number of urea groups is 1. The summed E-state index contributed by atoms with van der Waals surface area (Å²) in [6.07, 6.45) is -4.33. The van der Waals surface area contributed by atoms with Crippen LogP contribution >= 0.6 is 0 Å². The number of hydrogen-bond donors (Lipinski definition) is 1. The average Bonchev–Trinajstić information content (AvgIpc) is 1.99. The fraction of sp³-hybridized carbons (Fsp3) is 0.857. The zero-order valence-electron chi connectivity index (χ0n) is 7.61. The van der Waals surface area contributed by atoms with E-state index in [4.69, 9.17) is 0 Å². The lowest BCUT2D eigenvalue weighted by Gasteiger charge is -2.22. The molecule has 78 valence electrons. The number of hydrogen-bond acceptors (Lipinski definition) is 1. The van der Waals surface area contributed by atoms with Crippen molar-refractivity contribution in [3.8, 4) is 0 Å². The number of alkyl halides is 3. The van der Waals surface area contributed by atoms with Crippen LogP contribution in [0.2, 0.25) is 0 Å². The molecule has 0 fully saturated rings. The number of amides is 2. The second-order valence-corrected chi connectivity index (χ2v) is 2.46. The van der Waals surface area contributed by atoms with Crippen molar-refractivity contribution in [3.05, 3.63) is 0 Å². The van der Waals surface area contributed by atoms with Crippen molar-refractivity contribution >= 4 is 6.03 Å². The van der Waals surface area contributed by atoms with Gasteiger partial charge in [-0.05, 0) is 13.8 Å². The highest BCUT2D eigenvalue weighted by Crippen LogP contribution is 2.16. The highest BCUT2D eigenvalue weighted by Gasteiger charge is 2.31. The summed E-state index contributed by atoms with van der Waals surface area (Å²) in [6.45, 7) is 2.33. The van der Waals surface area contributed by atoms with Gasteiger partial charge in [-0.15, -0.1) is 0 Å². The Morgan fingerprint density at radius 3 is 2.23 bits per heavy atom. The number of nitrogens with zero attached hydrogens (tertiary/aromatic N) is 1. The molecule has 0 radical (unpaired) electrons. The first kappa shape index (κ1) is 12.1. The fourth-order valence-corrected chi connectivity index (χ4v) is 0.807. The summed E-state index contributed by atoms with van der Waals surface area (Å²) in [6, 6.07) is -0.678. The number of rotatable bonds is 3. The Labute approximate surface area is 74.9 Å². The second-order valence-electron chi connectivity index (χ2n) is 2.46. The molecule has 6 heteroatoms. The molecule has 0 rings (SSSR count). The number of nitrogens with one attached hydrogen (secondary N) is 1. The molecule has 0 aromatic carbocycles. The van der Waals surface area contributed by atoms with Crippen LogP contribution in [-0.2, 0) is 0 Å². The molecule has 1 N–H and O–H groups in total. The van der Waals surface area contributed by atoms with Gasteiger partial charge in [-0.25, -0.2) is 4.79 Å². The van der Waals surface area contributed by atoms with Crippen LogP contribution < -0.4 is 5.32 Å². The molecule has 0 aliphatic rings. The highest BCUT2D eigenvalue weighted by atomic mass is 19.4.